The van der Waals surface area contributed by atoms with Gasteiger partial charge in [0, 0.05) is 18.9 Å². The van der Waals surface area contributed by atoms with Crippen LogP contribution in [0.5, 0.6) is 0 Å². The SMILES string of the molecule is O=C1N(Cc2cccnc2)C(=O)C2(CCNCC2)N1CCc1ccccc1. The van der Waals surface area contributed by atoms with Gasteiger partial charge in [0.05, 0.1) is 6.54 Å². The second-order valence-corrected chi connectivity index (χ2v) is 7.20. The van der Waals surface area contributed by atoms with Crippen LogP contribution in [-0.2, 0) is 17.8 Å². The summed E-state index contributed by atoms with van der Waals surface area (Å²) in [6.07, 6.45) is 5.47. The van der Waals surface area contributed by atoms with Crippen molar-refractivity contribution in [2.75, 3.05) is 19.6 Å². The van der Waals surface area contributed by atoms with Gasteiger partial charge in [0.2, 0.25) is 0 Å². The standard InChI is InChI=1S/C21H24N4O2/c26-19-21(9-12-22-13-10-21)25(14-8-17-5-2-1-3-6-17)20(27)24(19)16-18-7-4-11-23-15-18/h1-7,11,15,22H,8-10,12-14,16H2. The summed E-state index contributed by atoms with van der Waals surface area (Å²) < 4.78 is 0. The lowest BCUT2D eigenvalue weighted by molar-refractivity contribution is -0.135. The molecule has 1 spiro atoms. The van der Waals surface area contributed by atoms with Gasteiger partial charge in [-0.1, -0.05) is 36.4 Å². The number of carbonyl (C=O) groups is 2. The fourth-order valence-electron chi connectivity index (χ4n) is 4.12. The van der Waals surface area contributed by atoms with E-state index in [0.29, 0.717) is 19.4 Å². The highest BCUT2D eigenvalue weighted by Crippen LogP contribution is 2.36. The summed E-state index contributed by atoms with van der Waals surface area (Å²) in [7, 11) is 0. The Morgan fingerprint density at radius 2 is 1.74 bits per heavy atom. The minimum atomic E-state index is -0.709. The number of hydrogen-bond acceptors (Lipinski definition) is 4. The minimum Gasteiger partial charge on any atom is -0.317 e. The third kappa shape index (κ3) is 3.32. The lowest BCUT2D eigenvalue weighted by atomic mass is 9.86. The normalized spacial score (nSPS) is 19.1. The lowest BCUT2D eigenvalue weighted by Gasteiger charge is -2.38. The predicted octanol–water partition coefficient (Wildman–Crippen LogP) is 2.21. The molecule has 4 rings (SSSR count). The summed E-state index contributed by atoms with van der Waals surface area (Å²) in [5, 5.41) is 3.31. The van der Waals surface area contributed by atoms with Crippen molar-refractivity contribution in [1.29, 1.82) is 0 Å². The Balaban J connectivity index is 1.58. The molecule has 0 unspecified atom stereocenters. The summed E-state index contributed by atoms with van der Waals surface area (Å²) in [6, 6.07) is 13.7. The van der Waals surface area contributed by atoms with Crippen LogP contribution in [0.4, 0.5) is 4.79 Å². The number of benzene rings is 1. The van der Waals surface area contributed by atoms with E-state index in [1.54, 1.807) is 12.4 Å². The van der Waals surface area contributed by atoms with Gasteiger partial charge in [0.15, 0.2) is 0 Å². The first-order valence-corrected chi connectivity index (χ1v) is 9.48. The zero-order valence-corrected chi connectivity index (χ0v) is 15.3. The van der Waals surface area contributed by atoms with Gasteiger partial charge in [-0.2, -0.15) is 0 Å². The van der Waals surface area contributed by atoms with E-state index < -0.39 is 5.54 Å². The zero-order chi connectivity index (χ0) is 18.7. The van der Waals surface area contributed by atoms with Crippen molar-refractivity contribution in [2.45, 2.75) is 31.3 Å². The van der Waals surface area contributed by atoms with E-state index in [2.05, 4.69) is 22.4 Å². The highest BCUT2D eigenvalue weighted by atomic mass is 16.2. The van der Waals surface area contributed by atoms with Crippen molar-refractivity contribution >= 4 is 11.9 Å². The average Bonchev–Trinajstić information content (AvgIpc) is 2.90. The molecule has 2 aliphatic heterocycles. The highest BCUT2D eigenvalue weighted by Gasteiger charge is 2.56. The molecule has 6 nitrogen and oxygen atoms in total. The number of carbonyl (C=O) groups excluding carboxylic acids is 2. The van der Waals surface area contributed by atoms with E-state index in [1.807, 2.05) is 35.2 Å². The van der Waals surface area contributed by atoms with Crippen molar-refractivity contribution in [2.24, 2.45) is 0 Å². The summed E-state index contributed by atoms with van der Waals surface area (Å²) in [6.45, 7) is 2.34. The highest BCUT2D eigenvalue weighted by molar-refractivity contribution is 6.07. The number of imide groups is 1. The number of piperidine rings is 1. The smallest absolute Gasteiger partial charge is 0.317 e. The molecule has 1 N–H and O–H groups in total. The van der Waals surface area contributed by atoms with Gasteiger partial charge in [-0.25, -0.2) is 4.79 Å². The van der Waals surface area contributed by atoms with Crippen molar-refractivity contribution in [3.63, 3.8) is 0 Å². The summed E-state index contributed by atoms with van der Waals surface area (Å²) >= 11 is 0. The quantitative estimate of drug-likeness (QED) is 0.826. The van der Waals surface area contributed by atoms with Crippen LogP contribution in [0.15, 0.2) is 54.9 Å². The molecule has 1 aromatic heterocycles. The molecule has 2 fully saturated rings. The minimum absolute atomic E-state index is 0.0640. The molecule has 2 aliphatic rings. The second-order valence-electron chi connectivity index (χ2n) is 7.20. The largest absolute Gasteiger partial charge is 0.328 e. The maximum Gasteiger partial charge on any atom is 0.328 e. The maximum absolute atomic E-state index is 13.3. The van der Waals surface area contributed by atoms with Crippen LogP contribution in [0.25, 0.3) is 0 Å². The number of amides is 3. The van der Waals surface area contributed by atoms with Crippen molar-refractivity contribution in [3.05, 3.63) is 66.0 Å². The fraction of sp³-hybridized carbons (Fsp3) is 0.381. The Bertz CT molecular complexity index is 803. The number of nitrogens with one attached hydrogen (secondary N) is 1. The molecule has 0 saturated carbocycles. The van der Waals surface area contributed by atoms with Gasteiger partial charge < -0.3 is 10.2 Å². The monoisotopic (exact) mass is 364 g/mol. The van der Waals surface area contributed by atoms with E-state index in [0.717, 1.165) is 25.1 Å². The Morgan fingerprint density at radius 3 is 2.44 bits per heavy atom. The van der Waals surface area contributed by atoms with Crippen LogP contribution < -0.4 is 5.32 Å². The van der Waals surface area contributed by atoms with Gasteiger partial charge in [-0.15, -0.1) is 0 Å². The third-order valence-corrected chi connectivity index (χ3v) is 5.58. The summed E-state index contributed by atoms with van der Waals surface area (Å²) in [5.74, 6) is -0.0640. The van der Waals surface area contributed by atoms with E-state index in [-0.39, 0.29) is 18.5 Å². The Kier molecular flexibility index (Phi) is 4.90. The molecule has 140 valence electrons. The summed E-state index contributed by atoms with van der Waals surface area (Å²) in [4.78, 5) is 33.9. The van der Waals surface area contributed by atoms with Crippen LogP contribution >= 0.6 is 0 Å². The second kappa shape index (κ2) is 7.48. The van der Waals surface area contributed by atoms with Crippen LogP contribution in [0.1, 0.15) is 24.0 Å². The number of nitrogens with zero attached hydrogens (tertiary/aromatic N) is 3. The molecular formula is C21H24N4O2. The van der Waals surface area contributed by atoms with Crippen LogP contribution in [0.2, 0.25) is 0 Å². The van der Waals surface area contributed by atoms with Gasteiger partial charge in [0.25, 0.3) is 5.91 Å². The molecule has 3 amide bonds. The molecule has 0 aliphatic carbocycles. The van der Waals surface area contributed by atoms with E-state index in [4.69, 9.17) is 0 Å². The van der Waals surface area contributed by atoms with Crippen molar-refractivity contribution in [1.82, 2.24) is 20.1 Å². The van der Waals surface area contributed by atoms with E-state index in [9.17, 15) is 9.59 Å². The lowest BCUT2D eigenvalue weighted by Crippen LogP contribution is -2.56. The van der Waals surface area contributed by atoms with Crippen LogP contribution in [-0.4, -0.2) is 51.9 Å². The molecule has 6 heteroatoms. The molecule has 3 heterocycles. The topological polar surface area (TPSA) is 65.5 Å². The maximum atomic E-state index is 13.3. The molecule has 0 radical (unpaired) electrons. The van der Waals surface area contributed by atoms with Crippen molar-refractivity contribution < 1.29 is 9.59 Å². The molecular weight excluding hydrogens is 340 g/mol. The van der Waals surface area contributed by atoms with Crippen LogP contribution in [0, 0.1) is 0 Å². The molecule has 2 saturated heterocycles. The molecule has 27 heavy (non-hydrogen) atoms. The first-order chi connectivity index (χ1) is 13.2. The van der Waals surface area contributed by atoms with Crippen LogP contribution in [0.3, 0.4) is 0 Å². The Labute approximate surface area is 159 Å². The predicted molar refractivity (Wildman–Crippen MR) is 102 cm³/mol. The Hall–Kier alpha value is -2.73. The first-order valence-electron chi connectivity index (χ1n) is 9.48. The van der Waals surface area contributed by atoms with Gasteiger partial charge >= 0.3 is 6.03 Å². The number of hydrogen-bond donors (Lipinski definition) is 1. The van der Waals surface area contributed by atoms with E-state index >= 15 is 0 Å². The van der Waals surface area contributed by atoms with Crippen molar-refractivity contribution in [3.8, 4) is 0 Å². The molecule has 1 aromatic carbocycles. The number of pyridine rings is 1. The van der Waals surface area contributed by atoms with Gasteiger partial charge in [-0.3, -0.25) is 14.7 Å². The number of rotatable bonds is 5. The number of aromatic nitrogens is 1. The fourth-order valence-corrected chi connectivity index (χ4v) is 4.12. The number of urea groups is 1. The summed E-state index contributed by atoms with van der Waals surface area (Å²) in [5.41, 5.74) is 1.33. The third-order valence-electron chi connectivity index (χ3n) is 5.58. The molecule has 0 bridgehead atoms. The van der Waals surface area contributed by atoms with Gasteiger partial charge in [-0.05, 0) is 49.5 Å². The molecule has 0 atom stereocenters. The average molecular weight is 364 g/mol. The Morgan fingerprint density at radius 1 is 1.00 bits per heavy atom. The first kappa shape index (κ1) is 17.7. The van der Waals surface area contributed by atoms with E-state index in [1.165, 1.54) is 10.5 Å². The van der Waals surface area contributed by atoms with Gasteiger partial charge in [0.1, 0.15) is 5.54 Å². The molecule has 2 aromatic rings. The zero-order valence-electron chi connectivity index (χ0n) is 15.3.